The van der Waals surface area contributed by atoms with Gasteiger partial charge in [-0.3, -0.25) is 10.1 Å². The number of pyridine rings is 1. The van der Waals surface area contributed by atoms with Crippen molar-refractivity contribution < 1.29 is 13.2 Å². The number of alkyl halides is 3. The molecule has 2 aromatic heterocycles. The number of aromatic amines is 1. The standard InChI is InChI=1S/C16H12F3N5/c17-16(18,19)9-24-8-12-7-22-23-14(12)15-13(24)4-11(6-21-15)10-2-1-3-20-5-10/h1-8,21,23H,9H2. The van der Waals surface area contributed by atoms with E-state index in [4.69, 9.17) is 0 Å². The largest absolute Gasteiger partial charge is 0.406 e. The van der Waals surface area contributed by atoms with Crippen molar-refractivity contribution in [1.29, 1.82) is 0 Å². The van der Waals surface area contributed by atoms with Crippen molar-refractivity contribution in [3.05, 3.63) is 64.8 Å². The number of fused-ring (bicyclic) bond motifs is 2. The number of hydrogen-bond acceptors (Lipinski definition) is 4. The Labute approximate surface area is 134 Å². The van der Waals surface area contributed by atoms with Gasteiger partial charge in [0, 0.05) is 41.1 Å². The van der Waals surface area contributed by atoms with Gasteiger partial charge in [0.15, 0.2) is 0 Å². The van der Waals surface area contributed by atoms with E-state index in [1.54, 1.807) is 30.7 Å². The Balaban J connectivity index is 1.83. The molecule has 0 aliphatic carbocycles. The molecule has 0 bridgehead atoms. The summed E-state index contributed by atoms with van der Waals surface area (Å²) in [6, 6.07) is 3.63. The quantitative estimate of drug-likeness (QED) is 0.864. The Morgan fingerprint density at radius 2 is 2.08 bits per heavy atom. The van der Waals surface area contributed by atoms with Gasteiger partial charge in [0.05, 0.1) is 22.9 Å². The third-order valence-electron chi connectivity index (χ3n) is 3.79. The molecule has 0 unspecified atom stereocenters. The molecule has 0 atom stereocenters. The number of H-pyrrole nitrogens is 1. The first-order valence-electron chi connectivity index (χ1n) is 7.19. The van der Waals surface area contributed by atoms with E-state index in [0.29, 0.717) is 22.0 Å². The van der Waals surface area contributed by atoms with Gasteiger partial charge < -0.3 is 10.2 Å². The number of dihydropyridines is 1. The summed E-state index contributed by atoms with van der Waals surface area (Å²) in [6.45, 7) is -1.07. The highest BCUT2D eigenvalue weighted by Crippen LogP contribution is 2.29. The van der Waals surface area contributed by atoms with Crippen LogP contribution in [-0.4, -0.2) is 32.8 Å². The second-order valence-electron chi connectivity index (χ2n) is 5.46. The summed E-state index contributed by atoms with van der Waals surface area (Å²) >= 11 is 0. The molecule has 4 heterocycles. The van der Waals surface area contributed by atoms with Crippen molar-refractivity contribution in [2.45, 2.75) is 6.18 Å². The molecule has 0 aromatic carbocycles. The Kier molecular flexibility index (Phi) is 3.19. The van der Waals surface area contributed by atoms with E-state index in [-0.39, 0.29) is 0 Å². The van der Waals surface area contributed by atoms with Crippen molar-refractivity contribution in [1.82, 2.24) is 25.4 Å². The molecule has 0 radical (unpaired) electrons. The molecule has 2 aromatic rings. The Hall–Kier alpha value is -3.03. The van der Waals surface area contributed by atoms with Crippen LogP contribution in [0.1, 0.15) is 5.56 Å². The van der Waals surface area contributed by atoms with E-state index < -0.39 is 12.7 Å². The van der Waals surface area contributed by atoms with Crippen molar-refractivity contribution >= 4 is 17.5 Å². The fraction of sp³-hybridized carbons (Fsp3) is 0.125. The number of rotatable bonds is 2. The average Bonchev–Trinajstić information content (AvgIpc) is 3.02. The summed E-state index contributed by atoms with van der Waals surface area (Å²) in [5, 5.41) is 11.1. The third-order valence-corrected chi connectivity index (χ3v) is 3.79. The number of allylic oxidation sites excluding steroid dienone is 2. The number of hydrogen-bond donors (Lipinski definition) is 2. The van der Waals surface area contributed by atoms with Crippen molar-refractivity contribution in [2.24, 2.45) is 0 Å². The molecule has 4 rings (SSSR count). The highest BCUT2D eigenvalue weighted by molar-refractivity contribution is 5.83. The van der Waals surface area contributed by atoms with Crippen LogP contribution in [0.5, 0.6) is 0 Å². The van der Waals surface area contributed by atoms with E-state index in [0.717, 1.165) is 11.1 Å². The predicted molar refractivity (Wildman–Crippen MR) is 81.9 cm³/mol. The van der Waals surface area contributed by atoms with Gasteiger partial charge in [0.25, 0.3) is 0 Å². The molecule has 122 valence electrons. The molecule has 24 heavy (non-hydrogen) atoms. The fourth-order valence-electron chi connectivity index (χ4n) is 2.77. The van der Waals surface area contributed by atoms with Gasteiger partial charge in [-0.05, 0) is 12.1 Å². The monoisotopic (exact) mass is 331 g/mol. The predicted octanol–water partition coefficient (Wildman–Crippen LogP) is 1.06. The summed E-state index contributed by atoms with van der Waals surface area (Å²) in [5.41, 5.74) is 2.58. The molecule has 0 fully saturated rings. The summed E-state index contributed by atoms with van der Waals surface area (Å²) in [7, 11) is 0. The third kappa shape index (κ3) is 2.55. The molecule has 2 N–H and O–H groups in total. The van der Waals surface area contributed by atoms with Crippen LogP contribution in [0, 0.1) is 0 Å². The summed E-state index contributed by atoms with van der Waals surface area (Å²) in [5.74, 6) is 0. The number of halogens is 3. The number of nitrogens with one attached hydrogen (secondary N) is 2. The lowest BCUT2D eigenvalue weighted by Gasteiger charge is -2.30. The minimum absolute atomic E-state index is 0.436. The van der Waals surface area contributed by atoms with Gasteiger partial charge in [-0.25, -0.2) is 0 Å². The first kappa shape index (κ1) is 14.6. The van der Waals surface area contributed by atoms with Crippen molar-refractivity contribution in [3.63, 3.8) is 0 Å². The van der Waals surface area contributed by atoms with Crippen LogP contribution in [0.2, 0.25) is 0 Å². The Morgan fingerprint density at radius 1 is 1.21 bits per heavy atom. The Bertz CT molecular complexity index is 954. The summed E-state index contributed by atoms with van der Waals surface area (Å²) < 4.78 is 38.9. The maximum absolute atomic E-state index is 13.0. The van der Waals surface area contributed by atoms with Crippen molar-refractivity contribution in [3.8, 4) is 0 Å². The van der Waals surface area contributed by atoms with E-state index >= 15 is 0 Å². The van der Waals surface area contributed by atoms with Crippen LogP contribution in [0.15, 0.2) is 48.7 Å². The van der Waals surface area contributed by atoms with Gasteiger partial charge in [0.1, 0.15) is 6.54 Å². The van der Waals surface area contributed by atoms with Crippen LogP contribution in [0.25, 0.3) is 17.5 Å². The van der Waals surface area contributed by atoms with E-state index in [2.05, 4.69) is 20.5 Å². The first-order chi connectivity index (χ1) is 11.5. The molecule has 8 heteroatoms. The zero-order valence-corrected chi connectivity index (χ0v) is 12.3. The van der Waals surface area contributed by atoms with E-state index in [1.807, 2.05) is 6.07 Å². The highest BCUT2D eigenvalue weighted by Gasteiger charge is 2.33. The average molecular weight is 331 g/mol. The normalized spacial score (nSPS) is 16.5. The van der Waals surface area contributed by atoms with Gasteiger partial charge in [-0.2, -0.15) is 18.3 Å². The molecule has 2 aliphatic rings. The molecule has 0 spiro atoms. The minimum atomic E-state index is -4.32. The van der Waals surface area contributed by atoms with Gasteiger partial charge >= 0.3 is 6.18 Å². The molecular weight excluding hydrogens is 319 g/mol. The van der Waals surface area contributed by atoms with E-state index in [1.165, 1.54) is 17.3 Å². The first-order valence-corrected chi connectivity index (χ1v) is 7.19. The van der Waals surface area contributed by atoms with Gasteiger partial charge in [-0.15, -0.1) is 0 Å². The Morgan fingerprint density at radius 3 is 2.83 bits per heavy atom. The zero-order chi connectivity index (χ0) is 16.7. The second kappa shape index (κ2) is 5.26. The van der Waals surface area contributed by atoms with Crippen LogP contribution >= 0.6 is 0 Å². The number of nitrogens with zero attached hydrogens (tertiary/aromatic N) is 3. The smallest absolute Gasteiger partial charge is 0.358 e. The molecule has 5 nitrogen and oxygen atoms in total. The van der Waals surface area contributed by atoms with Crippen LogP contribution in [-0.2, 0) is 0 Å². The summed E-state index contributed by atoms with van der Waals surface area (Å²) in [6.07, 6.45) is 5.41. The molecule has 0 amide bonds. The molecular formula is C16H12F3N5. The lowest BCUT2D eigenvalue weighted by molar-refractivity contribution is -0.135. The second-order valence-corrected chi connectivity index (χ2v) is 5.46. The SMILES string of the molecule is FC(F)(F)CN1C=c2cn[nH]c2=C2NC=C(c3cccnc3)C=C21. The maximum atomic E-state index is 13.0. The van der Waals surface area contributed by atoms with Crippen LogP contribution < -0.4 is 15.9 Å². The van der Waals surface area contributed by atoms with Crippen LogP contribution in [0.4, 0.5) is 13.2 Å². The summed E-state index contributed by atoms with van der Waals surface area (Å²) in [4.78, 5) is 5.23. The lowest BCUT2D eigenvalue weighted by atomic mass is 10.0. The lowest BCUT2D eigenvalue weighted by Crippen LogP contribution is -2.43. The number of aromatic nitrogens is 3. The maximum Gasteiger partial charge on any atom is 0.406 e. The van der Waals surface area contributed by atoms with Crippen LogP contribution in [0.3, 0.4) is 0 Å². The topological polar surface area (TPSA) is 56.8 Å². The van der Waals surface area contributed by atoms with E-state index in [9.17, 15) is 13.2 Å². The highest BCUT2D eigenvalue weighted by atomic mass is 19.4. The fourth-order valence-corrected chi connectivity index (χ4v) is 2.77. The zero-order valence-electron chi connectivity index (χ0n) is 12.3. The molecule has 2 aliphatic heterocycles. The van der Waals surface area contributed by atoms with Crippen molar-refractivity contribution in [2.75, 3.05) is 6.54 Å². The van der Waals surface area contributed by atoms with Gasteiger partial charge in [0.2, 0.25) is 0 Å². The van der Waals surface area contributed by atoms with Gasteiger partial charge in [-0.1, -0.05) is 6.07 Å². The molecule has 0 saturated heterocycles. The molecule has 0 saturated carbocycles. The minimum Gasteiger partial charge on any atom is -0.358 e.